The molecule has 4 nitrogen and oxygen atoms in total. The van der Waals surface area contributed by atoms with E-state index in [1.54, 1.807) is 11.9 Å². The number of rotatable bonds is 2. The number of nitrogens with zero attached hydrogens (tertiary/aromatic N) is 1. The Kier molecular flexibility index (Phi) is 3.07. The van der Waals surface area contributed by atoms with Gasteiger partial charge in [-0.05, 0) is 23.6 Å². The number of benzene rings is 1. The van der Waals surface area contributed by atoms with E-state index < -0.39 is 6.10 Å². The molecule has 1 amide bonds. The van der Waals surface area contributed by atoms with Crippen LogP contribution in [0, 0.1) is 5.92 Å². The molecule has 1 aromatic carbocycles. The van der Waals surface area contributed by atoms with E-state index in [-0.39, 0.29) is 11.8 Å². The van der Waals surface area contributed by atoms with Crippen LogP contribution < -0.4 is 15.4 Å². The number of nitrogens with two attached hydrogens (primary N) is 1. The molecule has 0 aliphatic carbocycles. The standard InChI is InChI=1S/C13H18N2O2/c1-8(2)12-13(16)15(3)10-6-9(7-14)4-5-11(10)17-12/h4-6,8,12H,7,14H2,1-3H3. The molecule has 1 aromatic rings. The topological polar surface area (TPSA) is 55.6 Å². The lowest BCUT2D eigenvalue weighted by atomic mass is 10.0. The van der Waals surface area contributed by atoms with Gasteiger partial charge in [0.1, 0.15) is 5.75 Å². The van der Waals surface area contributed by atoms with Crippen molar-refractivity contribution < 1.29 is 9.53 Å². The summed E-state index contributed by atoms with van der Waals surface area (Å²) in [5.74, 6) is 0.914. The molecule has 0 spiro atoms. The van der Waals surface area contributed by atoms with Gasteiger partial charge in [0.25, 0.3) is 5.91 Å². The molecule has 2 rings (SSSR count). The highest BCUT2D eigenvalue weighted by Crippen LogP contribution is 2.35. The van der Waals surface area contributed by atoms with Gasteiger partial charge >= 0.3 is 0 Å². The molecule has 1 heterocycles. The summed E-state index contributed by atoms with van der Waals surface area (Å²) in [6.45, 7) is 4.42. The van der Waals surface area contributed by atoms with E-state index >= 15 is 0 Å². The molecule has 17 heavy (non-hydrogen) atoms. The highest BCUT2D eigenvalue weighted by Gasteiger charge is 2.34. The molecule has 0 saturated carbocycles. The minimum atomic E-state index is -0.392. The van der Waals surface area contributed by atoms with Crippen molar-refractivity contribution in [2.45, 2.75) is 26.5 Å². The first-order valence-electron chi connectivity index (χ1n) is 5.81. The third kappa shape index (κ3) is 2.00. The second-order valence-corrected chi connectivity index (χ2v) is 4.69. The summed E-state index contributed by atoms with van der Waals surface area (Å²) in [4.78, 5) is 13.8. The number of carbonyl (C=O) groups excluding carboxylic acids is 1. The van der Waals surface area contributed by atoms with Gasteiger partial charge in [0.05, 0.1) is 5.69 Å². The second-order valence-electron chi connectivity index (χ2n) is 4.69. The van der Waals surface area contributed by atoms with Crippen LogP contribution >= 0.6 is 0 Å². The van der Waals surface area contributed by atoms with Gasteiger partial charge in [-0.1, -0.05) is 19.9 Å². The summed E-state index contributed by atoms with van der Waals surface area (Å²) in [7, 11) is 1.78. The molecule has 0 bridgehead atoms. The lowest BCUT2D eigenvalue weighted by Gasteiger charge is -2.34. The first-order chi connectivity index (χ1) is 8.04. The van der Waals surface area contributed by atoms with Gasteiger partial charge in [-0.2, -0.15) is 0 Å². The Balaban J connectivity index is 2.41. The maximum absolute atomic E-state index is 12.1. The molecule has 1 atom stereocenters. The van der Waals surface area contributed by atoms with Crippen LogP contribution in [0.2, 0.25) is 0 Å². The number of carbonyl (C=O) groups is 1. The zero-order valence-corrected chi connectivity index (χ0v) is 10.4. The molecule has 2 N–H and O–H groups in total. The number of anilines is 1. The molecule has 0 radical (unpaired) electrons. The third-order valence-corrected chi connectivity index (χ3v) is 3.05. The predicted octanol–water partition coefficient (Wildman–Crippen LogP) is 1.53. The summed E-state index contributed by atoms with van der Waals surface area (Å²) in [6.07, 6.45) is -0.392. The Morgan fingerprint density at radius 1 is 1.47 bits per heavy atom. The first-order valence-corrected chi connectivity index (χ1v) is 5.81. The zero-order chi connectivity index (χ0) is 12.6. The van der Waals surface area contributed by atoms with Gasteiger partial charge in [-0.25, -0.2) is 0 Å². The largest absolute Gasteiger partial charge is 0.478 e. The fourth-order valence-corrected chi connectivity index (χ4v) is 1.97. The molecule has 4 heteroatoms. The lowest BCUT2D eigenvalue weighted by molar-refractivity contribution is -0.127. The van der Waals surface area contributed by atoms with E-state index in [0.29, 0.717) is 6.54 Å². The van der Waals surface area contributed by atoms with E-state index in [1.165, 1.54) is 0 Å². The van der Waals surface area contributed by atoms with E-state index in [2.05, 4.69) is 0 Å². The minimum absolute atomic E-state index is 0.00155. The first kappa shape index (κ1) is 11.9. The SMILES string of the molecule is CC(C)C1Oc2ccc(CN)cc2N(C)C1=O. The molecule has 0 saturated heterocycles. The molecular weight excluding hydrogens is 216 g/mol. The number of ether oxygens (including phenoxy) is 1. The Labute approximate surface area is 101 Å². The number of hydrogen-bond acceptors (Lipinski definition) is 3. The Hall–Kier alpha value is -1.55. The summed E-state index contributed by atoms with van der Waals surface area (Å²) >= 11 is 0. The smallest absolute Gasteiger partial charge is 0.268 e. The van der Waals surface area contributed by atoms with Crippen molar-refractivity contribution in [2.24, 2.45) is 11.7 Å². The van der Waals surface area contributed by atoms with Crippen molar-refractivity contribution in [3.63, 3.8) is 0 Å². The average molecular weight is 234 g/mol. The van der Waals surface area contributed by atoms with Crippen molar-refractivity contribution in [2.75, 3.05) is 11.9 Å². The zero-order valence-electron chi connectivity index (χ0n) is 10.4. The fraction of sp³-hybridized carbons (Fsp3) is 0.462. The van der Waals surface area contributed by atoms with Gasteiger partial charge in [-0.15, -0.1) is 0 Å². The van der Waals surface area contributed by atoms with Gasteiger partial charge in [-0.3, -0.25) is 4.79 Å². The number of hydrogen-bond donors (Lipinski definition) is 1. The summed E-state index contributed by atoms with van der Waals surface area (Å²) in [6, 6.07) is 5.72. The van der Waals surface area contributed by atoms with Gasteiger partial charge in [0.15, 0.2) is 6.10 Å². The van der Waals surface area contributed by atoms with Crippen LogP contribution in [0.1, 0.15) is 19.4 Å². The van der Waals surface area contributed by atoms with Crippen LogP contribution in [-0.2, 0) is 11.3 Å². The van der Waals surface area contributed by atoms with Gasteiger partial charge in [0.2, 0.25) is 0 Å². The van der Waals surface area contributed by atoms with E-state index in [0.717, 1.165) is 17.0 Å². The molecule has 0 aromatic heterocycles. The Morgan fingerprint density at radius 3 is 2.76 bits per heavy atom. The maximum Gasteiger partial charge on any atom is 0.268 e. The Bertz CT molecular complexity index is 443. The molecule has 1 unspecified atom stereocenters. The van der Waals surface area contributed by atoms with Crippen molar-refractivity contribution in [1.29, 1.82) is 0 Å². The summed E-state index contributed by atoms with van der Waals surface area (Å²) in [5, 5.41) is 0. The number of amides is 1. The average Bonchev–Trinajstić information content (AvgIpc) is 2.33. The lowest BCUT2D eigenvalue weighted by Crippen LogP contribution is -2.46. The predicted molar refractivity (Wildman–Crippen MR) is 67.0 cm³/mol. The van der Waals surface area contributed by atoms with Crippen LogP contribution in [0.3, 0.4) is 0 Å². The van der Waals surface area contributed by atoms with Gasteiger partial charge in [0, 0.05) is 13.6 Å². The molecule has 0 fully saturated rings. The van der Waals surface area contributed by atoms with Crippen molar-refractivity contribution in [3.8, 4) is 5.75 Å². The van der Waals surface area contributed by atoms with E-state index in [4.69, 9.17) is 10.5 Å². The summed E-state index contributed by atoms with van der Waals surface area (Å²) in [5.41, 5.74) is 7.39. The second kappa shape index (κ2) is 4.37. The molecule has 1 aliphatic heterocycles. The monoisotopic (exact) mass is 234 g/mol. The number of fused-ring (bicyclic) bond motifs is 1. The van der Waals surface area contributed by atoms with Crippen molar-refractivity contribution in [1.82, 2.24) is 0 Å². The summed E-state index contributed by atoms with van der Waals surface area (Å²) < 4.78 is 5.74. The van der Waals surface area contributed by atoms with Crippen LogP contribution in [-0.4, -0.2) is 19.1 Å². The van der Waals surface area contributed by atoms with Crippen LogP contribution in [0.15, 0.2) is 18.2 Å². The van der Waals surface area contributed by atoms with Crippen molar-refractivity contribution >= 4 is 11.6 Å². The molecule has 1 aliphatic rings. The minimum Gasteiger partial charge on any atom is -0.478 e. The normalized spacial score (nSPS) is 19.2. The van der Waals surface area contributed by atoms with Crippen LogP contribution in [0.5, 0.6) is 5.75 Å². The van der Waals surface area contributed by atoms with E-state index in [9.17, 15) is 4.79 Å². The highest BCUT2D eigenvalue weighted by molar-refractivity contribution is 5.99. The van der Waals surface area contributed by atoms with Gasteiger partial charge < -0.3 is 15.4 Å². The maximum atomic E-state index is 12.1. The number of likely N-dealkylation sites (N-methyl/N-ethyl adjacent to an activating group) is 1. The molecule has 92 valence electrons. The Morgan fingerprint density at radius 2 is 2.18 bits per heavy atom. The molecular formula is C13H18N2O2. The van der Waals surface area contributed by atoms with Crippen LogP contribution in [0.4, 0.5) is 5.69 Å². The van der Waals surface area contributed by atoms with E-state index in [1.807, 2.05) is 32.0 Å². The van der Waals surface area contributed by atoms with Crippen molar-refractivity contribution in [3.05, 3.63) is 23.8 Å². The van der Waals surface area contributed by atoms with Crippen LogP contribution in [0.25, 0.3) is 0 Å². The fourth-order valence-electron chi connectivity index (χ4n) is 1.97. The highest BCUT2D eigenvalue weighted by atomic mass is 16.5. The quantitative estimate of drug-likeness (QED) is 0.844. The third-order valence-electron chi connectivity index (χ3n) is 3.05.